The van der Waals surface area contributed by atoms with Crippen LogP contribution in [0.25, 0.3) is 0 Å². The van der Waals surface area contributed by atoms with Crippen LogP contribution in [-0.4, -0.2) is 47.4 Å². The van der Waals surface area contributed by atoms with Crippen molar-refractivity contribution in [2.24, 2.45) is 0 Å². The fourth-order valence-electron chi connectivity index (χ4n) is 2.18. The second kappa shape index (κ2) is 8.77. The lowest BCUT2D eigenvalue weighted by Crippen LogP contribution is -2.40. The Hall–Kier alpha value is -2.45. The third-order valence-corrected chi connectivity index (χ3v) is 3.29. The maximum Gasteiger partial charge on any atom is 0.416 e. The molecule has 0 unspecified atom stereocenters. The van der Waals surface area contributed by atoms with Crippen LogP contribution in [-0.2, 0) is 17.3 Å². The van der Waals surface area contributed by atoms with Gasteiger partial charge in [-0.1, -0.05) is 18.2 Å². The van der Waals surface area contributed by atoms with E-state index in [-0.39, 0.29) is 31.6 Å². The molecule has 0 radical (unpaired) electrons. The lowest BCUT2D eigenvalue weighted by Gasteiger charge is -2.22. The topological polar surface area (TPSA) is 78.9 Å². The molecule has 2 N–H and O–H groups in total. The number of hydrogen-bond acceptors (Lipinski definition) is 3. The quantitative estimate of drug-likeness (QED) is 0.793. The Morgan fingerprint density at radius 3 is 2.31 bits per heavy atom. The smallest absolute Gasteiger partial charge is 0.416 e. The largest absolute Gasteiger partial charge is 0.465 e. The monoisotopic (exact) mass is 376 g/mol. The third kappa shape index (κ3) is 7.62. The highest BCUT2D eigenvalue weighted by atomic mass is 19.4. The average Bonchev–Trinajstić information content (AvgIpc) is 2.47. The van der Waals surface area contributed by atoms with Crippen LogP contribution < -0.4 is 5.32 Å². The van der Waals surface area contributed by atoms with Gasteiger partial charge in [0.15, 0.2) is 0 Å². The number of alkyl halides is 3. The molecular weight excluding hydrogens is 353 g/mol. The molecule has 0 atom stereocenters. The highest BCUT2D eigenvalue weighted by molar-refractivity contribution is 5.68. The molecule has 2 amide bonds. The summed E-state index contributed by atoms with van der Waals surface area (Å²) in [4.78, 5) is 23.7. The van der Waals surface area contributed by atoms with E-state index >= 15 is 0 Å². The van der Waals surface area contributed by atoms with E-state index in [1.54, 1.807) is 20.8 Å². The Morgan fingerprint density at radius 1 is 1.15 bits per heavy atom. The molecule has 0 saturated heterocycles. The molecule has 1 aromatic rings. The van der Waals surface area contributed by atoms with Gasteiger partial charge in [0.2, 0.25) is 0 Å². The number of nitrogens with zero attached hydrogens (tertiary/aromatic N) is 1. The van der Waals surface area contributed by atoms with Crippen molar-refractivity contribution in [3.63, 3.8) is 0 Å². The Bertz CT molecular complexity index is 627. The van der Waals surface area contributed by atoms with Crippen molar-refractivity contribution in [3.05, 3.63) is 35.4 Å². The Labute approximate surface area is 149 Å². The van der Waals surface area contributed by atoms with E-state index in [1.807, 2.05) is 0 Å². The zero-order valence-electron chi connectivity index (χ0n) is 14.9. The van der Waals surface area contributed by atoms with Gasteiger partial charge in [0, 0.05) is 19.6 Å². The first kappa shape index (κ1) is 21.6. The summed E-state index contributed by atoms with van der Waals surface area (Å²) in [5, 5.41) is 11.6. The summed E-state index contributed by atoms with van der Waals surface area (Å²) in [6.07, 6.45) is -6.55. The number of alkyl carbamates (subject to hydrolysis) is 1. The molecule has 0 fully saturated rings. The summed E-state index contributed by atoms with van der Waals surface area (Å²) in [6, 6.07) is 5.04. The van der Waals surface area contributed by atoms with Crippen LogP contribution >= 0.6 is 0 Å². The van der Waals surface area contributed by atoms with E-state index in [1.165, 1.54) is 18.2 Å². The molecule has 0 spiro atoms. The van der Waals surface area contributed by atoms with Crippen LogP contribution in [0, 0.1) is 0 Å². The van der Waals surface area contributed by atoms with Gasteiger partial charge in [0.1, 0.15) is 5.60 Å². The van der Waals surface area contributed by atoms with Gasteiger partial charge in [-0.3, -0.25) is 0 Å². The van der Waals surface area contributed by atoms with Crippen LogP contribution in [0.15, 0.2) is 24.3 Å². The normalized spacial score (nSPS) is 11.8. The minimum Gasteiger partial charge on any atom is -0.465 e. The standard InChI is InChI=1S/C17H23F3N2O4/c1-16(2,3)26-14(23)21-9-11-22(15(24)25)10-8-12-6-4-5-7-13(12)17(18,19)20/h4-7H,8-11H2,1-3H3,(H,21,23)(H,24,25). The third-order valence-electron chi connectivity index (χ3n) is 3.29. The fourth-order valence-corrected chi connectivity index (χ4v) is 2.18. The van der Waals surface area contributed by atoms with Crippen molar-refractivity contribution < 1.29 is 32.6 Å². The average molecular weight is 376 g/mol. The number of amides is 2. The van der Waals surface area contributed by atoms with Gasteiger partial charge in [0.05, 0.1) is 5.56 Å². The molecule has 0 saturated carbocycles. The number of ether oxygens (including phenoxy) is 1. The van der Waals surface area contributed by atoms with Gasteiger partial charge in [-0.15, -0.1) is 0 Å². The summed E-state index contributed by atoms with van der Waals surface area (Å²) in [6.45, 7) is 4.86. The van der Waals surface area contributed by atoms with Crippen molar-refractivity contribution in [2.45, 2.75) is 39.0 Å². The van der Waals surface area contributed by atoms with Gasteiger partial charge < -0.3 is 20.1 Å². The summed E-state index contributed by atoms with van der Waals surface area (Å²) in [5.41, 5.74) is -1.44. The summed E-state index contributed by atoms with van der Waals surface area (Å²) >= 11 is 0. The van der Waals surface area contributed by atoms with E-state index in [4.69, 9.17) is 4.74 Å². The zero-order valence-corrected chi connectivity index (χ0v) is 14.9. The molecule has 9 heteroatoms. The van der Waals surface area contributed by atoms with Crippen molar-refractivity contribution >= 4 is 12.2 Å². The first-order valence-corrected chi connectivity index (χ1v) is 8.00. The lowest BCUT2D eigenvalue weighted by molar-refractivity contribution is -0.138. The highest BCUT2D eigenvalue weighted by Gasteiger charge is 2.32. The minimum atomic E-state index is -4.50. The second-order valence-electron chi connectivity index (χ2n) is 6.60. The van der Waals surface area contributed by atoms with Crippen LogP contribution in [0.4, 0.5) is 22.8 Å². The Kier molecular flexibility index (Phi) is 7.29. The Morgan fingerprint density at radius 2 is 1.77 bits per heavy atom. The SMILES string of the molecule is CC(C)(C)OC(=O)NCCN(CCc1ccccc1C(F)(F)F)C(=O)O. The Balaban J connectivity index is 2.60. The molecule has 0 aliphatic rings. The highest BCUT2D eigenvalue weighted by Crippen LogP contribution is 2.32. The number of halogens is 3. The lowest BCUT2D eigenvalue weighted by atomic mass is 10.0. The summed E-state index contributed by atoms with van der Waals surface area (Å²) < 4.78 is 43.9. The first-order chi connectivity index (χ1) is 11.9. The first-order valence-electron chi connectivity index (χ1n) is 8.00. The molecule has 0 aliphatic carbocycles. The van der Waals surface area contributed by atoms with E-state index < -0.39 is 29.5 Å². The van der Waals surface area contributed by atoms with Crippen molar-refractivity contribution in [1.29, 1.82) is 0 Å². The molecule has 146 valence electrons. The number of nitrogens with one attached hydrogen (secondary N) is 1. The molecule has 1 aromatic carbocycles. The molecule has 0 aromatic heterocycles. The van der Waals surface area contributed by atoms with Gasteiger partial charge in [-0.2, -0.15) is 13.2 Å². The second-order valence-corrected chi connectivity index (χ2v) is 6.60. The van der Waals surface area contributed by atoms with Gasteiger partial charge in [-0.05, 0) is 38.8 Å². The number of rotatable bonds is 6. The van der Waals surface area contributed by atoms with Crippen molar-refractivity contribution in [2.75, 3.05) is 19.6 Å². The van der Waals surface area contributed by atoms with Gasteiger partial charge >= 0.3 is 18.4 Å². The number of hydrogen-bond donors (Lipinski definition) is 2. The van der Waals surface area contributed by atoms with E-state index in [2.05, 4.69) is 5.32 Å². The van der Waals surface area contributed by atoms with Crippen LogP contribution in [0.3, 0.4) is 0 Å². The van der Waals surface area contributed by atoms with Crippen molar-refractivity contribution in [3.8, 4) is 0 Å². The molecular formula is C17H23F3N2O4. The van der Waals surface area contributed by atoms with Gasteiger partial charge in [0.25, 0.3) is 0 Å². The molecule has 0 bridgehead atoms. The van der Waals surface area contributed by atoms with E-state index in [0.717, 1.165) is 11.0 Å². The van der Waals surface area contributed by atoms with E-state index in [0.29, 0.717) is 0 Å². The number of benzene rings is 1. The maximum atomic E-state index is 13.0. The molecule has 0 heterocycles. The fraction of sp³-hybridized carbons (Fsp3) is 0.529. The number of carboxylic acid groups (broad SMARTS) is 1. The van der Waals surface area contributed by atoms with Crippen LogP contribution in [0.1, 0.15) is 31.9 Å². The molecule has 6 nitrogen and oxygen atoms in total. The van der Waals surface area contributed by atoms with Gasteiger partial charge in [-0.25, -0.2) is 9.59 Å². The van der Waals surface area contributed by atoms with Crippen LogP contribution in [0.2, 0.25) is 0 Å². The zero-order chi connectivity index (χ0) is 20.0. The van der Waals surface area contributed by atoms with Crippen molar-refractivity contribution in [1.82, 2.24) is 10.2 Å². The number of carbonyl (C=O) groups excluding carboxylic acids is 1. The maximum absolute atomic E-state index is 13.0. The molecule has 1 rings (SSSR count). The summed E-state index contributed by atoms with van der Waals surface area (Å²) in [7, 11) is 0. The predicted octanol–water partition coefficient (Wildman–Crippen LogP) is 3.75. The van der Waals surface area contributed by atoms with E-state index in [9.17, 15) is 27.9 Å². The minimum absolute atomic E-state index is 0.0118. The molecule has 0 aliphatic heterocycles. The summed E-state index contributed by atoms with van der Waals surface area (Å²) in [5.74, 6) is 0. The molecule has 26 heavy (non-hydrogen) atoms. The number of carbonyl (C=O) groups is 2. The van der Waals surface area contributed by atoms with Crippen LogP contribution in [0.5, 0.6) is 0 Å². The predicted molar refractivity (Wildman–Crippen MR) is 89.0 cm³/mol.